The van der Waals surface area contributed by atoms with Crippen molar-refractivity contribution in [2.75, 3.05) is 13.2 Å². The largest absolute Gasteiger partial charge is 0.481 e. The second kappa shape index (κ2) is 12.1. The fourth-order valence-corrected chi connectivity index (χ4v) is 6.22. The smallest absolute Gasteiger partial charge is 0.303 e. The van der Waals surface area contributed by atoms with E-state index in [9.17, 15) is 9.18 Å². The number of carboxylic acids is 1. The van der Waals surface area contributed by atoms with Gasteiger partial charge in [0.15, 0.2) is 0 Å². The highest BCUT2D eigenvalue weighted by molar-refractivity contribution is 5.66. The molecule has 1 saturated carbocycles. The molecule has 1 N–H and O–H groups in total. The Bertz CT molecular complexity index is 1220. The summed E-state index contributed by atoms with van der Waals surface area (Å²) in [6, 6.07) is 25.8. The fraction of sp³-hybridized carbons (Fsp3) is 0.364. The fourth-order valence-electron chi connectivity index (χ4n) is 6.22. The molecule has 3 aromatic carbocycles. The molecule has 4 atom stereocenters. The van der Waals surface area contributed by atoms with E-state index in [4.69, 9.17) is 14.6 Å². The quantitative estimate of drug-likeness (QED) is 0.205. The number of unbranched alkanes of at least 4 members (excludes halogenated alkanes) is 1. The van der Waals surface area contributed by atoms with Crippen LogP contribution >= 0.6 is 0 Å². The standard InChI is InChI=1S/C33H35FO4/c34-28-18-12-24(13-19-28)21-37-22-29-30(10-6-1-2-7-11-32(35)36)33(20-31(29)38-23-33)27-16-14-26(15-17-27)25-8-4-3-5-9-25/h1,3-6,8-9,12-19,29-31H,2,7,10-11,20-23H2,(H,35,36)/b6-1-/t29-,30-,31-,33-/m0/s1. The molecule has 0 aromatic heterocycles. The van der Waals surface area contributed by atoms with Crippen molar-refractivity contribution in [3.63, 3.8) is 0 Å². The van der Waals surface area contributed by atoms with Crippen LogP contribution in [0.2, 0.25) is 0 Å². The summed E-state index contributed by atoms with van der Waals surface area (Å²) in [5.74, 6) is -0.389. The van der Waals surface area contributed by atoms with Gasteiger partial charge in [-0.1, -0.05) is 78.9 Å². The van der Waals surface area contributed by atoms with Crippen molar-refractivity contribution >= 4 is 5.97 Å². The number of rotatable bonds is 12. The molecule has 2 bridgehead atoms. The van der Waals surface area contributed by atoms with Gasteiger partial charge in [-0.15, -0.1) is 0 Å². The molecule has 4 nitrogen and oxygen atoms in total. The summed E-state index contributed by atoms with van der Waals surface area (Å²) in [4.78, 5) is 10.8. The Morgan fingerprint density at radius 2 is 1.74 bits per heavy atom. The molecule has 1 aliphatic heterocycles. The lowest BCUT2D eigenvalue weighted by molar-refractivity contribution is -0.137. The third-order valence-corrected chi connectivity index (χ3v) is 8.20. The van der Waals surface area contributed by atoms with Crippen LogP contribution in [0.4, 0.5) is 4.39 Å². The Kier molecular flexibility index (Phi) is 8.35. The van der Waals surface area contributed by atoms with Crippen molar-refractivity contribution in [3.05, 3.63) is 108 Å². The van der Waals surface area contributed by atoms with E-state index in [0.29, 0.717) is 32.2 Å². The van der Waals surface area contributed by atoms with Crippen LogP contribution in [-0.2, 0) is 26.3 Å². The van der Waals surface area contributed by atoms with Crippen molar-refractivity contribution in [1.29, 1.82) is 0 Å². The molecule has 1 heterocycles. The Balaban J connectivity index is 1.32. The first-order valence-corrected chi connectivity index (χ1v) is 13.5. The first-order valence-electron chi connectivity index (χ1n) is 13.5. The van der Waals surface area contributed by atoms with Crippen LogP contribution in [-0.4, -0.2) is 30.4 Å². The van der Waals surface area contributed by atoms with Crippen molar-refractivity contribution in [2.24, 2.45) is 11.8 Å². The summed E-state index contributed by atoms with van der Waals surface area (Å²) in [6.45, 7) is 1.73. The van der Waals surface area contributed by atoms with Gasteiger partial charge in [-0.05, 0) is 66.0 Å². The van der Waals surface area contributed by atoms with Gasteiger partial charge in [0, 0.05) is 17.8 Å². The molecule has 198 valence electrons. The van der Waals surface area contributed by atoms with Crippen LogP contribution in [0.25, 0.3) is 11.1 Å². The predicted octanol–water partition coefficient (Wildman–Crippen LogP) is 7.18. The zero-order valence-electron chi connectivity index (χ0n) is 21.6. The maximum absolute atomic E-state index is 13.3. The van der Waals surface area contributed by atoms with Gasteiger partial charge in [0.05, 0.1) is 25.9 Å². The molecule has 0 amide bonds. The maximum atomic E-state index is 13.3. The van der Waals surface area contributed by atoms with Crippen molar-refractivity contribution in [1.82, 2.24) is 0 Å². The minimum atomic E-state index is -0.750. The van der Waals surface area contributed by atoms with Gasteiger partial charge in [0.1, 0.15) is 5.82 Å². The number of halogens is 1. The number of aliphatic carboxylic acids is 1. The third kappa shape index (κ3) is 5.90. The zero-order valence-corrected chi connectivity index (χ0v) is 21.6. The number of fused-ring (bicyclic) bond motifs is 2. The predicted molar refractivity (Wildman–Crippen MR) is 146 cm³/mol. The minimum Gasteiger partial charge on any atom is -0.481 e. The molecule has 5 rings (SSSR count). The first kappa shape index (κ1) is 26.3. The first-order chi connectivity index (χ1) is 18.5. The highest BCUT2D eigenvalue weighted by Gasteiger charge is 2.59. The summed E-state index contributed by atoms with van der Waals surface area (Å²) >= 11 is 0. The SMILES string of the molecule is O=C(O)CCC/C=C\C[C@H]1[C@H](COCc2ccc(F)cc2)[C@@H]2C[C@@]1(c1ccc(-c3ccccc3)cc1)CO2. The summed E-state index contributed by atoms with van der Waals surface area (Å²) in [5.41, 5.74) is 4.60. The average molecular weight is 515 g/mol. The number of hydrogen-bond donors (Lipinski definition) is 1. The Hall–Kier alpha value is -3.28. The Morgan fingerprint density at radius 1 is 1.00 bits per heavy atom. The summed E-state index contributed by atoms with van der Waals surface area (Å²) in [5, 5.41) is 8.91. The molecule has 38 heavy (non-hydrogen) atoms. The molecule has 1 aliphatic carbocycles. The Labute approximate surface area is 224 Å². The highest BCUT2D eigenvalue weighted by atomic mass is 19.1. The van der Waals surface area contributed by atoms with E-state index >= 15 is 0 Å². The molecule has 0 unspecified atom stereocenters. The second-order valence-corrected chi connectivity index (χ2v) is 10.6. The Morgan fingerprint density at radius 3 is 2.47 bits per heavy atom. The van der Waals surface area contributed by atoms with Crippen LogP contribution in [0, 0.1) is 17.7 Å². The lowest BCUT2D eigenvalue weighted by Crippen LogP contribution is -2.41. The van der Waals surface area contributed by atoms with Crippen LogP contribution in [0.5, 0.6) is 0 Å². The van der Waals surface area contributed by atoms with Crippen molar-refractivity contribution in [3.8, 4) is 11.1 Å². The van der Waals surface area contributed by atoms with E-state index in [2.05, 4.69) is 60.7 Å². The zero-order chi connectivity index (χ0) is 26.4. The van der Waals surface area contributed by atoms with Crippen molar-refractivity contribution in [2.45, 2.75) is 50.2 Å². The summed E-state index contributed by atoms with van der Waals surface area (Å²) in [6.07, 6.45) is 7.97. The minimum absolute atomic E-state index is 0.0742. The second-order valence-electron chi connectivity index (χ2n) is 10.6. The molecule has 2 aliphatic rings. The van der Waals surface area contributed by atoms with E-state index in [1.165, 1.54) is 28.8 Å². The monoisotopic (exact) mass is 514 g/mol. The van der Waals surface area contributed by atoms with E-state index in [1.807, 2.05) is 6.07 Å². The number of carbonyl (C=O) groups is 1. The average Bonchev–Trinajstić information content (AvgIpc) is 3.51. The maximum Gasteiger partial charge on any atom is 0.303 e. The van der Waals surface area contributed by atoms with Gasteiger partial charge in [0.25, 0.3) is 0 Å². The lowest BCUT2D eigenvalue weighted by Gasteiger charge is -2.39. The number of ether oxygens (including phenoxy) is 2. The van der Waals surface area contributed by atoms with Crippen LogP contribution < -0.4 is 0 Å². The van der Waals surface area contributed by atoms with Crippen molar-refractivity contribution < 1.29 is 23.8 Å². The van der Waals surface area contributed by atoms with Crippen LogP contribution in [0.3, 0.4) is 0 Å². The molecule has 0 radical (unpaired) electrons. The third-order valence-electron chi connectivity index (χ3n) is 8.20. The van der Waals surface area contributed by atoms with Gasteiger partial charge < -0.3 is 14.6 Å². The van der Waals surface area contributed by atoms with Gasteiger partial charge in [0.2, 0.25) is 0 Å². The number of carboxylic acid groups (broad SMARTS) is 1. The van der Waals surface area contributed by atoms with E-state index < -0.39 is 5.97 Å². The van der Waals surface area contributed by atoms with E-state index in [1.54, 1.807) is 12.1 Å². The number of benzene rings is 3. The van der Waals surface area contributed by atoms with Crippen LogP contribution in [0.15, 0.2) is 91.0 Å². The van der Waals surface area contributed by atoms with Crippen LogP contribution in [0.1, 0.15) is 43.2 Å². The van der Waals surface area contributed by atoms with E-state index in [-0.39, 0.29) is 29.7 Å². The van der Waals surface area contributed by atoms with Gasteiger partial charge in [-0.2, -0.15) is 0 Å². The molecule has 2 fully saturated rings. The summed E-state index contributed by atoms with van der Waals surface area (Å²) < 4.78 is 25.8. The molecule has 5 heteroatoms. The molecule has 0 spiro atoms. The molecular weight excluding hydrogens is 479 g/mol. The highest BCUT2D eigenvalue weighted by Crippen LogP contribution is 2.56. The van der Waals surface area contributed by atoms with E-state index in [0.717, 1.165) is 24.8 Å². The normalized spacial score (nSPS) is 24.3. The van der Waals surface area contributed by atoms with Gasteiger partial charge in [-0.3, -0.25) is 4.79 Å². The lowest BCUT2D eigenvalue weighted by atomic mass is 9.69. The number of hydrogen-bond acceptors (Lipinski definition) is 3. The van der Waals surface area contributed by atoms with Gasteiger partial charge >= 0.3 is 5.97 Å². The number of allylic oxidation sites excluding steroid dienone is 2. The topological polar surface area (TPSA) is 55.8 Å². The molecule has 1 saturated heterocycles. The summed E-state index contributed by atoms with van der Waals surface area (Å²) in [7, 11) is 0. The van der Waals surface area contributed by atoms with Gasteiger partial charge in [-0.25, -0.2) is 4.39 Å². The molecular formula is C33H35FO4. The molecule has 3 aromatic rings.